The van der Waals surface area contributed by atoms with Crippen LogP contribution in [0.2, 0.25) is 0 Å². The Kier molecular flexibility index (Phi) is 9.31. The van der Waals surface area contributed by atoms with E-state index in [0.29, 0.717) is 11.8 Å². The Morgan fingerprint density at radius 3 is 2.52 bits per heavy atom. The second kappa shape index (κ2) is 10.8. The lowest BCUT2D eigenvalue weighted by Gasteiger charge is -2.28. The van der Waals surface area contributed by atoms with Gasteiger partial charge in [-0.1, -0.05) is 50.6 Å². The molecule has 0 radical (unpaired) electrons. The van der Waals surface area contributed by atoms with E-state index in [0.717, 1.165) is 32.8 Å². The van der Waals surface area contributed by atoms with Crippen LogP contribution in [0.1, 0.15) is 31.7 Å². The van der Waals surface area contributed by atoms with E-state index in [1.165, 1.54) is 12.0 Å². The monoisotopic (exact) mass is 292 g/mol. The molecule has 0 aliphatic heterocycles. The number of nitrogens with zero attached hydrogens (tertiary/aromatic N) is 1. The Hall–Kier alpha value is -0.900. The van der Waals surface area contributed by atoms with Crippen molar-refractivity contribution < 1.29 is 4.74 Å². The summed E-state index contributed by atoms with van der Waals surface area (Å²) in [6.45, 7) is 9.56. The molecule has 3 heteroatoms. The largest absolute Gasteiger partial charge is 0.383 e. The van der Waals surface area contributed by atoms with Crippen LogP contribution in [0.4, 0.5) is 0 Å². The Labute approximate surface area is 130 Å². The summed E-state index contributed by atoms with van der Waals surface area (Å²) in [5, 5.41) is 3.41. The Morgan fingerprint density at radius 2 is 1.90 bits per heavy atom. The molecule has 3 nitrogen and oxygen atoms in total. The number of hydrogen-bond acceptors (Lipinski definition) is 3. The molecule has 1 N–H and O–H groups in total. The summed E-state index contributed by atoms with van der Waals surface area (Å²) in [6.07, 6.45) is 1.22. The van der Waals surface area contributed by atoms with Crippen LogP contribution in [0, 0.1) is 5.92 Å². The van der Waals surface area contributed by atoms with Crippen molar-refractivity contribution >= 4 is 0 Å². The van der Waals surface area contributed by atoms with Crippen molar-refractivity contribution in [2.45, 2.75) is 26.2 Å². The lowest BCUT2D eigenvalue weighted by Crippen LogP contribution is -2.34. The highest BCUT2D eigenvalue weighted by atomic mass is 16.5. The van der Waals surface area contributed by atoms with Gasteiger partial charge >= 0.3 is 0 Å². The number of nitrogens with one attached hydrogen (secondary N) is 1. The Balaban J connectivity index is 2.45. The number of ether oxygens (including phenoxy) is 1. The van der Waals surface area contributed by atoms with Gasteiger partial charge in [0.15, 0.2) is 0 Å². The normalized spacial score (nSPS) is 14.3. The van der Waals surface area contributed by atoms with Crippen molar-refractivity contribution in [3.63, 3.8) is 0 Å². The third kappa shape index (κ3) is 7.07. The smallest absolute Gasteiger partial charge is 0.0587 e. The fourth-order valence-corrected chi connectivity index (χ4v) is 2.59. The van der Waals surface area contributed by atoms with Crippen LogP contribution >= 0.6 is 0 Å². The van der Waals surface area contributed by atoms with Crippen LogP contribution in [0.3, 0.4) is 0 Å². The van der Waals surface area contributed by atoms with Crippen molar-refractivity contribution in [3.8, 4) is 0 Å². The predicted octanol–water partition coefficient (Wildman–Crippen LogP) is 2.98. The third-order valence-corrected chi connectivity index (χ3v) is 4.22. The lowest BCUT2D eigenvalue weighted by molar-refractivity contribution is 0.197. The van der Waals surface area contributed by atoms with Gasteiger partial charge in [0, 0.05) is 33.3 Å². The Morgan fingerprint density at radius 1 is 1.19 bits per heavy atom. The second-order valence-corrected chi connectivity index (χ2v) is 5.91. The van der Waals surface area contributed by atoms with E-state index in [1.807, 2.05) is 0 Å². The van der Waals surface area contributed by atoms with Gasteiger partial charge in [0.25, 0.3) is 0 Å². The highest BCUT2D eigenvalue weighted by Crippen LogP contribution is 2.27. The van der Waals surface area contributed by atoms with Gasteiger partial charge in [-0.15, -0.1) is 0 Å². The molecule has 1 aromatic rings. The van der Waals surface area contributed by atoms with Gasteiger partial charge in [-0.3, -0.25) is 0 Å². The molecule has 0 bridgehead atoms. The fourth-order valence-electron chi connectivity index (χ4n) is 2.59. The van der Waals surface area contributed by atoms with Gasteiger partial charge < -0.3 is 15.0 Å². The quantitative estimate of drug-likeness (QED) is 0.635. The standard InChI is InChI=1S/C18H32N2O/c1-5-16(2)18(17-9-7-6-8-10-17)15-20(3)13-11-19-12-14-21-4/h6-10,16,18-19H,5,11-15H2,1-4H3. The van der Waals surface area contributed by atoms with Crippen LogP contribution in [0.25, 0.3) is 0 Å². The number of likely N-dealkylation sites (N-methyl/N-ethyl adjacent to an activating group) is 1. The molecule has 0 fully saturated rings. The van der Waals surface area contributed by atoms with Crippen molar-refractivity contribution in [2.75, 3.05) is 46.9 Å². The molecular formula is C18H32N2O. The number of rotatable bonds is 11. The summed E-state index contributed by atoms with van der Waals surface area (Å²) in [5.74, 6) is 1.32. The summed E-state index contributed by atoms with van der Waals surface area (Å²) in [7, 11) is 3.96. The molecule has 0 saturated carbocycles. The predicted molar refractivity (Wildman–Crippen MR) is 90.9 cm³/mol. The topological polar surface area (TPSA) is 24.5 Å². The molecule has 0 saturated heterocycles. The van der Waals surface area contributed by atoms with Crippen LogP contribution in [0.15, 0.2) is 30.3 Å². The van der Waals surface area contributed by atoms with Crippen LogP contribution < -0.4 is 5.32 Å². The van der Waals surface area contributed by atoms with E-state index in [-0.39, 0.29) is 0 Å². The molecule has 21 heavy (non-hydrogen) atoms. The molecule has 120 valence electrons. The third-order valence-electron chi connectivity index (χ3n) is 4.22. The zero-order chi connectivity index (χ0) is 15.5. The van der Waals surface area contributed by atoms with Gasteiger partial charge in [0.05, 0.1) is 6.61 Å². The molecule has 2 atom stereocenters. The number of benzene rings is 1. The number of methoxy groups -OCH3 is 1. The van der Waals surface area contributed by atoms with E-state index in [2.05, 4.69) is 61.4 Å². The van der Waals surface area contributed by atoms with Gasteiger partial charge in [0.2, 0.25) is 0 Å². The maximum atomic E-state index is 5.04. The zero-order valence-corrected chi connectivity index (χ0v) is 14.1. The number of hydrogen-bond donors (Lipinski definition) is 1. The molecule has 0 aliphatic rings. The van der Waals surface area contributed by atoms with E-state index in [4.69, 9.17) is 4.74 Å². The minimum atomic E-state index is 0.611. The lowest BCUT2D eigenvalue weighted by atomic mass is 9.85. The minimum absolute atomic E-state index is 0.611. The van der Waals surface area contributed by atoms with E-state index in [1.54, 1.807) is 7.11 Å². The summed E-state index contributed by atoms with van der Waals surface area (Å²) in [6, 6.07) is 10.9. The summed E-state index contributed by atoms with van der Waals surface area (Å²) in [5.41, 5.74) is 1.46. The van der Waals surface area contributed by atoms with Gasteiger partial charge in [-0.2, -0.15) is 0 Å². The molecule has 0 amide bonds. The van der Waals surface area contributed by atoms with Gasteiger partial charge in [-0.25, -0.2) is 0 Å². The van der Waals surface area contributed by atoms with Crippen molar-refractivity contribution in [3.05, 3.63) is 35.9 Å². The second-order valence-electron chi connectivity index (χ2n) is 5.91. The molecule has 0 heterocycles. The first-order valence-electron chi connectivity index (χ1n) is 8.12. The summed E-state index contributed by atoms with van der Waals surface area (Å²) >= 11 is 0. The van der Waals surface area contributed by atoms with Crippen LogP contribution in [-0.4, -0.2) is 51.8 Å². The maximum Gasteiger partial charge on any atom is 0.0587 e. The fraction of sp³-hybridized carbons (Fsp3) is 0.667. The average Bonchev–Trinajstić information content (AvgIpc) is 2.52. The van der Waals surface area contributed by atoms with E-state index >= 15 is 0 Å². The van der Waals surface area contributed by atoms with Crippen LogP contribution in [-0.2, 0) is 4.74 Å². The summed E-state index contributed by atoms with van der Waals surface area (Å²) < 4.78 is 5.04. The van der Waals surface area contributed by atoms with Gasteiger partial charge in [0.1, 0.15) is 0 Å². The molecule has 1 rings (SSSR count). The van der Waals surface area contributed by atoms with Crippen molar-refractivity contribution in [1.29, 1.82) is 0 Å². The first-order valence-corrected chi connectivity index (χ1v) is 8.12. The SMILES string of the molecule is CCC(C)C(CN(C)CCNCCOC)c1ccccc1. The van der Waals surface area contributed by atoms with Crippen molar-refractivity contribution in [1.82, 2.24) is 10.2 Å². The molecule has 0 spiro atoms. The minimum Gasteiger partial charge on any atom is -0.383 e. The van der Waals surface area contributed by atoms with Crippen LogP contribution in [0.5, 0.6) is 0 Å². The summed E-state index contributed by atoms with van der Waals surface area (Å²) in [4.78, 5) is 2.43. The Bertz CT molecular complexity index is 355. The average molecular weight is 292 g/mol. The molecular weight excluding hydrogens is 260 g/mol. The highest BCUT2D eigenvalue weighted by Gasteiger charge is 2.19. The highest BCUT2D eigenvalue weighted by molar-refractivity contribution is 5.20. The molecule has 0 aromatic heterocycles. The molecule has 0 aliphatic carbocycles. The first kappa shape index (κ1) is 18.1. The van der Waals surface area contributed by atoms with E-state index in [9.17, 15) is 0 Å². The van der Waals surface area contributed by atoms with E-state index < -0.39 is 0 Å². The molecule has 1 aromatic carbocycles. The van der Waals surface area contributed by atoms with Gasteiger partial charge in [-0.05, 0) is 24.4 Å². The molecule has 2 unspecified atom stereocenters. The first-order chi connectivity index (χ1) is 10.2. The maximum absolute atomic E-state index is 5.04. The zero-order valence-electron chi connectivity index (χ0n) is 14.1. The van der Waals surface area contributed by atoms with Crippen molar-refractivity contribution in [2.24, 2.45) is 5.92 Å².